The molecule has 1 saturated heterocycles. The molecule has 2 aromatic rings. The molecule has 154 valence electrons. The number of benzene rings is 1. The van der Waals surface area contributed by atoms with Gasteiger partial charge in [-0.3, -0.25) is 9.59 Å². The highest BCUT2D eigenvalue weighted by atomic mass is 32.1. The minimum absolute atomic E-state index is 0.0589. The first-order valence-corrected chi connectivity index (χ1v) is 11.4. The summed E-state index contributed by atoms with van der Waals surface area (Å²) >= 11 is 1.46. The van der Waals surface area contributed by atoms with E-state index in [1.54, 1.807) is 12.1 Å². The maximum atomic E-state index is 13.4. The van der Waals surface area contributed by atoms with Gasteiger partial charge in [0.2, 0.25) is 5.91 Å². The standard InChI is InChI=1S/C23H27FN2O2S/c24-19-9-7-17(8-10-19)21(16-4-1-2-5-16)25-22(27)18-11-13-26(14-12-18)23(28)20-6-3-15-29-20/h3,6-10,15-16,18,21H,1-2,4-5,11-14H2,(H,25,27)/t21-/m0/s1. The van der Waals surface area contributed by atoms with Crippen LogP contribution in [0.3, 0.4) is 0 Å². The van der Waals surface area contributed by atoms with Gasteiger partial charge in [-0.05, 0) is 60.7 Å². The monoisotopic (exact) mass is 414 g/mol. The van der Waals surface area contributed by atoms with Gasteiger partial charge in [-0.25, -0.2) is 4.39 Å². The molecule has 0 bridgehead atoms. The Morgan fingerprint density at radius 1 is 1.03 bits per heavy atom. The van der Waals surface area contributed by atoms with Crippen molar-refractivity contribution >= 4 is 23.2 Å². The average Bonchev–Trinajstić information content (AvgIpc) is 3.46. The van der Waals surface area contributed by atoms with Gasteiger partial charge in [0.1, 0.15) is 5.82 Å². The van der Waals surface area contributed by atoms with E-state index in [-0.39, 0.29) is 29.6 Å². The molecule has 29 heavy (non-hydrogen) atoms. The highest BCUT2D eigenvalue weighted by Crippen LogP contribution is 2.36. The minimum Gasteiger partial charge on any atom is -0.349 e. The molecule has 2 aliphatic rings. The van der Waals surface area contributed by atoms with E-state index in [9.17, 15) is 14.0 Å². The van der Waals surface area contributed by atoms with Gasteiger partial charge in [0.15, 0.2) is 0 Å². The minimum atomic E-state index is -0.256. The fourth-order valence-electron chi connectivity index (χ4n) is 4.61. The SMILES string of the molecule is O=C(N[C@H](c1ccc(F)cc1)C1CCCC1)C1CCN(C(=O)c2cccs2)CC1. The zero-order valence-corrected chi connectivity index (χ0v) is 17.3. The number of hydrogen-bond acceptors (Lipinski definition) is 3. The van der Waals surface area contributed by atoms with Crippen molar-refractivity contribution in [3.05, 3.63) is 58.0 Å². The molecule has 1 aliphatic carbocycles. The van der Waals surface area contributed by atoms with Crippen LogP contribution in [-0.4, -0.2) is 29.8 Å². The van der Waals surface area contributed by atoms with E-state index in [0.29, 0.717) is 31.8 Å². The zero-order valence-electron chi connectivity index (χ0n) is 16.5. The van der Waals surface area contributed by atoms with E-state index in [0.717, 1.165) is 23.3 Å². The van der Waals surface area contributed by atoms with Crippen LogP contribution in [0, 0.1) is 17.7 Å². The third-order valence-electron chi connectivity index (χ3n) is 6.28. The number of likely N-dealkylation sites (tertiary alicyclic amines) is 1. The average molecular weight is 415 g/mol. The molecule has 4 nitrogen and oxygen atoms in total. The quantitative estimate of drug-likeness (QED) is 0.765. The first-order valence-electron chi connectivity index (χ1n) is 10.5. The van der Waals surface area contributed by atoms with Gasteiger partial charge in [-0.1, -0.05) is 31.0 Å². The van der Waals surface area contributed by atoms with Crippen molar-refractivity contribution in [1.82, 2.24) is 10.2 Å². The van der Waals surface area contributed by atoms with E-state index in [4.69, 9.17) is 0 Å². The molecule has 6 heteroatoms. The predicted octanol–water partition coefficient (Wildman–Crippen LogP) is 4.79. The first-order chi connectivity index (χ1) is 14.1. The van der Waals surface area contributed by atoms with Crippen molar-refractivity contribution in [2.45, 2.75) is 44.6 Å². The van der Waals surface area contributed by atoms with Crippen LogP contribution in [0.1, 0.15) is 59.8 Å². The van der Waals surface area contributed by atoms with E-state index in [1.807, 2.05) is 22.4 Å². The molecule has 1 aromatic carbocycles. The summed E-state index contributed by atoms with van der Waals surface area (Å²) < 4.78 is 13.4. The number of nitrogens with one attached hydrogen (secondary N) is 1. The topological polar surface area (TPSA) is 49.4 Å². The second-order valence-corrected chi connectivity index (χ2v) is 9.07. The summed E-state index contributed by atoms with van der Waals surface area (Å²) in [5.41, 5.74) is 0.983. The van der Waals surface area contributed by atoms with E-state index >= 15 is 0 Å². The lowest BCUT2D eigenvalue weighted by molar-refractivity contribution is -0.127. The Labute approximate surface area is 175 Å². The van der Waals surface area contributed by atoms with Crippen molar-refractivity contribution in [1.29, 1.82) is 0 Å². The third kappa shape index (κ3) is 4.69. The molecular weight excluding hydrogens is 387 g/mol. The van der Waals surface area contributed by atoms with Crippen LogP contribution in [0.2, 0.25) is 0 Å². The lowest BCUT2D eigenvalue weighted by Crippen LogP contribution is -2.44. The first kappa shape index (κ1) is 20.1. The largest absolute Gasteiger partial charge is 0.349 e. The Morgan fingerprint density at radius 2 is 1.72 bits per heavy atom. The molecule has 1 N–H and O–H groups in total. The Kier molecular flexibility index (Phi) is 6.28. The molecule has 2 fully saturated rings. The second kappa shape index (κ2) is 9.08. The number of nitrogens with zero attached hydrogens (tertiary/aromatic N) is 1. The molecule has 2 heterocycles. The van der Waals surface area contributed by atoms with Crippen LogP contribution in [0.5, 0.6) is 0 Å². The summed E-state index contributed by atoms with van der Waals surface area (Å²) in [6.07, 6.45) is 5.92. The number of thiophene rings is 1. The Balaban J connectivity index is 1.38. The van der Waals surface area contributed by atoms with Crippen molar-refractivity contribution in [3.8, 4) is 0 Å². The zero-order chi connectivity index (χ0) is 20.2. The lowest BCUT2D eigenvalue weighted by atomic mass is 9.89. The molecule has 0 unspecified atom stereocenters. The van der Waals surface area contributed by atoms with Gasteiger partial charge < -0.3 is 10.2 Å². The van der Waals surface area contributed by atoms with Crippen LogP contribution in [-0.2, 0) is 4.79 Å². The fraction of sp³-hybridized carbons (Fsp3) is 0.478. The molecular formula is C23H27FN2O2S. The number of carbonyl (C=O) groups excluding carboxylic acids is 2. The van der Waals surface area contributed by atoms with E-state index in [1.165, 1.54) is 36.3 Å². The van der Waals surface area contributed by atoms with Gasteiger partial charge in [-0.15, -0.1) is 11.3 Å². The summed E-state index contributed by atoms with van der Waals surface area (Å²) in [5.74, 6) is 0.202. The van der Waals surface area contributed by atoms with Crippen LogP contribution in [0.25, 0.3) is 0 Å². The smallest absolute Gasteiger partial charge is 0.263 e. The molecule has 1 aliphatic heterocycles. The molecule has 0 spiro atoms. The summed E-state index contributed by atoms with van der Waals surface area (Å²) in [4.78, 5) is 28.1. The summed E-state index contributed by atoms with van der Waals surface area (Å²) in [5, 5.41) is 5.18. The molecule has 0 radical (unpaired) electrons. The van der Waals surface area contributed by atoms with Gasteiger partial charge in [-0.2, -0.15) is 0 Å². The summed E-state index contributed by atoms with van der Waals surface area (Å²) in [7, 11) is 0. The van der Waals surface area contributed by atoms with E-state index in [2.05, 4.69) is 5.32 Å². The Bertz CT molecular complexity index is 823. The van der Waals surface area contributed by atoms with Crippen molar-refractivity contribution in [2.75, 3.05) is 13.1 Å². The second-order valence-electron chi connectivity index (χ2n) is 8.13. The van der Waals surface area contributed by atoms with Gasteiger partial charge >= 0.3 is 0 Å². The van der Waals surface area contributed by atoms with Gasteiger partial charge in [0.05, 0.1) is 10.9 Å². The number of halogens is 1. The lowest BCUT2D eigenvalue weighted by Gasteiger charge is -2.33. The van der Waals surface area contributed by atoms with Crippen molar-refractivity contribution < 1.29 is 14.0 Å². The Morgan fingerprint density at radius 3 is 2.34 bits per heavy atom. The molecule has 2 amide bonds. The Hall–Kier alpha value is -2.21. The number of hydrogen-bond donors (Lipinski definition) is 1. The van der Waals surface area contributed by atoms with Crippen LogP contribution in [0.15, 0.2) is 41.8 Å². The van der Waals surface area contributed by atoms with Gasteiger partial charge in [0.25, 0.3) is 5.91 Å². The molecule has 1 saturated carbocycles. The maximum Gasteiger partial charge on any atom is 0.263 e. The van der Waals surface area contributed by atoms with Crippen LogP contribution >= 0.6 is 11.3 Å². The maximum absolute atomic E-state index is 13.4. The number of rotatable bonds is 5. The summed E-state index contributed by atoms with van der Waals surface area (Å²) in [6.45, 7) is 1.22. The predicted molar refractivity (Wildman–Crippen MR) is 112 cm³/mol. The van der Waals surface area contributed by atoms with Crippen LogP contribution < -0.4 is 5.32 Å². The fourth-order valence-corrected chi connectivity index (χ4v) is 5.30. The van der Waals surface area contributed by atoms with Crippen molar-refractivity contribution in [2.24, 2.45) is 11.8 Å². The number of piperidine rings is 1. The van der Waals surface area contributed by atoms with Gasteiger partial charge in [0, 0.05) is 19.0 Å². The van der Waals surface area contributed by atoms with Crippen molar-refractivity contribution in [3.63, 3.8) is 0 Å². The third-order valence-corrected chi connectivity index (χ3v) is 7.14. The summed E-state index contributed by atoms with van der Waals surface area (Å²) in [6, 6.07) is 10.2. The highest BCUT2D eigenvalue weighted by molar-refractivity contribution is 7.12. The molecule has 4 rings (SSSR count). The van der Waals surface area contributed by atoms with Crippen LogP contribution in [0.4, 0.5) is 4.39 Å². The normalized spacial score (nSPS) is 19.3. The number of amides is 2. The molecule has 1 atom stereocenters. The number of carbonyl (C=O) groups is 2. The highest BCUT2D eigenvalue weighted by Gasteiger charge is 2.32. The molecule has 1 aromatic heterocycles. The van der Waals surface area contributed by atoms with E-state index < -0.39 is 0 Å².